The third kappa shape index (κ3) is 6.29. The van der Waals surface area contributed by atoms with Crippen molar-refractivity contribution in [3.05, 3.63) is 46.5 Å². The fraction of sp³-hybridized carbons (Fsp3) is 0.364. The van der Waals surface area contributed by atoms with Crippen LogP contribution in [0.4, 0.5) is 0 Å². The number of carbonyl (C=O) groups excluding carboxylic acids is 1. The highest BCUT2D eigenvalue weighted by atomic mass is 35.5. The first-order valence-electron chi connectivity index (χ1n) is 9.68. The van der Waals surface area contributed by atoms with Crippen LogP contribution in [0.3, 0.4) is 0 Å². The van der Waals surface area contributed by atoms with E-state index in [1.807, 2.05) is 13.8 Å². The van der Waals surface area contributed by atoms with Gasteiger partial charge in [-0.25, -0.2) is 5.43 Å². The van der Waals surface area contributed by atoms with Crippen LogP contribution in [0.2, 0.25) is 5.02 Å². The number of carbonyl (C=O) groups is 1. The normalized spacial score (nSPS) is 10.7. The molecule has 0 unspecified atom stereocenters. The van der Waals surface area contributed by atoms with Crippen molar-refractivity contribution in [2.24, 2.45) is 5.10 Å². The number of amides is 1. The predicted molar refractivity (Wildman–Crippen MR) is 118 cm³/mol. The van der Waals surface area contributed by atoms with E-state index in [4.69, 9.17) is 30.5 Å². The van der Waals surface area contributed by atoms with Gasteiger partial charge >= 0.3 is 0 Å². The number of hydrogen-bond donors (Lipinski definition) is 1. The van der Waals surface area contributed by atoms with Gasteiger partial charge in [0.05, 0.1) is 38.7 Å². The highest BCUT2D eigenvalue weighted by Crippen LogP contribution is 2.36. The molecule has 0 saturated carbocycles. The lowest BCUT2D eigenvalue weighted by molar-refractivity contribution is 0.0954. The molecule has 7 nitrogen and oxygen atoms in total. The van der Waals surface area contributed by atoms with Gasteiger partial charge in [0.25, 0.3) is 5.91 Å². The molecule has 2 aromatic carbocycles. The van der Waals surface area contributed by atoms with Gasteiger partial charge in [0, 0.05) is 5.56 Å². The number of rotatable bonds is 11. The molecule has 0 heterocycles. The zero-order chi connectivity index (χ0) is 21.9. The van der Waals surface area contributed by atoms with Gasteiger partial charge in [-0.05, 0) is 48.7 Å². The van der Waals surface area contributed by atoms with Crippen LogP contribution in [0, 0.1) is 0 Å². The quantitative estimate of drug-likeness (QED) is 0.409. The zero-order valence-electron chi connectivity index (χ0n) is 17.7. The second kappa shape index (κ2) is 11.9. The summed E-state index contributed by atoms with van der Waals surface area (Å²) < 4.78 is 21.9. The minimum absolute atomic E-state index is 0.382. The van der Waals surface area contributed by atoms with E-state index in [9.17, 15) is 4.79 Å². The molecule has 0 radical (unpaired) electrons. The topological polar surface area (TPSA) is 78.4 Å². The molecule has 2 aromatic rings. The van der Waals surface area contributed by atoms with Gasteiger partial charge in [0.2, 0.25) is 0 Å². The second-order valence-electron chi connectivity index (χ2n) is 6.30. The maximum absolute atomic E-state index is 12.4. The Hall–Kier alpha value is -2.93. The average molecular weight is 435 g/mol. The van der Waals surface area contributed by atoms with Gasteiger partial charge in [-0.1, -0.05) is 25.4 Å². The number of nitrogens with one attached hydrogen (secondary N) is 1. The largest absolute Gasteiger partial charge is 0.493 e. The molecule has 0 aliphatic carbocycles. The Morgan fingerprint density at radius 3 is 2.37 bits per heavy atom. The molecule has 2 rings (SSSR count). The molecular formula is C22H27ClN2O5. The van der Waals surface area contributed by atoms with Gasteiger partial charge in [0.1, 0.15) is 0 Å². The number of hydrazone groups is 1. The molecule has 0 aromatic heterocycles. The van der Waals surface area contributed by atoms with Crippen LogP contribution in [-0.4, -0.2) is 39.6 Å². The minimum Gasteiger partial charge on any atom is -0.493 e. The van der Waals surface area contributed by atoms with Crippen molar-refractivity contribution in [3.8, 4) is 23.0 Å². The van der Waals surface area contributed by atoms with Crippen LogP contribution >= 0.6 is 11.6 Å². The number of halogens is 1. The summed E-state index contributed by atoms with van der Waals surface area (Å²) in [4.78, 5) is 12.4. The van der Waals surface area contributed by atoms with Gasteiger partial charge < -0.3 is 18.9 Å². The first kappa shape index (κ1) is 23.3. The van der Waals surface area contributed by atoms with Crippen molar-refractivity contribution in [2.75, 3.05) is 27.4 Å². The predicted octanol–water partition coefficient (Wildman–Crippen LogP) is 4.70. The zero-order valence-corrected chi connectivity index (χ0v) is 18.4. The Balaban J connectivity index is 2.09. The first-order chi connectivity index (χ1) is 14.5. The number of nitrogens with zero attached hydrogens (tertiary/aromatic N) is 1. The fourth-order valence-corrected chi connectivity index (χ4v) is 2.80. The summed E-state index contributed by atoms with van der Waals surface area (Å²) in [5, 5.41) is 4.41. The molecule has 162 valence electrons. The Morgan fingerprint density at radius 1 is 1.00 bits per heavy atom. The molecule has 30 heavy (non-hydrogen) atoms. The molecular weight excluding hydrogens is 408 g/mol. The summed E-state index contributed by atoms with van der Waals surface area (Å²) in [6.45, 7) is 5.12. The van der Waals surface area contributed by atoms with E-state index < -0.39 is 0 Å². The van der Waals surface area contributed by atoms with Crippen molar-refractivity contribution in [1.82, 2.24) is 5.43 Å². The maximum atomic E-state index is 12.4. The Bertz CT molecular complexity index is 886. The monoisotopic (exact) mass is 434 g/mol. The SMILES string of the molecule is CCCOc1ccc(C(=O)N/N=C/c2cc(Cl)c(OCCC)c(OC)c2)cc1OC. The standard InChI is InChI=1S/C22H27ClN2O5/c1-5-9-29-18-8-7-16(13-19(18)27-3)22(26)25-24-14-15-11-17(23)21(30-10-6-2)20(12-15)28-4/h7-8,11-14H,5-6,9-10H2,1-4H3,(H,25,26)/b24-14+. The number of benzene rings is 2. The third-order valence-electron chi connectivity index (χ3n) is 3.97. The first-order valence-corrected chi connectivity index (χ1v) is 10.1. The summed E-state index contributed by atoms with van der Waals surface area (Å²) in [5.41, 5.74) is 3.54. The van der Waals surface area contributed by atoms with Crippen molar-refractivity contribution < 1.29 is 23.7 Å². The Labute approximate surface area is 181 Å². The number of hydrogen-bond acceptors (Lipinski definition) is 6. The molecule has 0 spiro atoms. The summed E-state index contributed by atoms with van der Waals surface area (Å²) in [6, 6.07) is 8.38. The van der Waals surface area contributed by atoms with Crippen LogP contribution in [-0.2, 0) is 0 Å². The van der Waals surface area contributed by atoms with Crippen molar-refractivity contribution in [1.29, 1.82) is 0 Å². The lowest BCUT2D eigenvalue weighted by atomic mass is 10.2. The fourth-order valence-electron chi connectivity index (χ4n) is 2.53. The summed E-state index contributed by atoms with van der Waals surface area (Å²) in [5.74, 6) is 1.68. The van der Waals surface area contributed by atoms with E-state index in [-0.39, 0.29) is 5.91 Å². The van der Waals surface area contributed by atoms with E-state index in [0.29, 0.717) is 52.4 Å². The summed E-state index contributed by atoms with van der Waals surface area (Å²) >= 11 is 6.29. The smallest absolute Gasteiger partial charge is 0.271 e. The van der Waals surface area contributed by atoms with Gasteiger partial charge in [-0.15, -0.1) is 0 Å². The molecule has 8 heteroatoms. The van der Waals surface area contributed by atoms with Gasteiger partial charge in [0.15, 0.2) is 23.0 Å². The van der Waals surface area contributed by atoms with E-state index >= 15 is 0 Å². The molecule has 0 bridgehead atoms. The van der Waals surface area contributed by atoms with Crippen LogP contribution in [0.15, 0.2) is 35.4 Å². The number of methoxy groups -OCH3 is 2. The van der Waals surface area contributed by atoms with Crippen molar-refractivity contribution in [3.63, 3.8) is 0 Å². The highest BCUT2D eigenvalue weighted by Gasteiger charge is 2.12. The summed E-state index contributed by atoms with van der Waals surface area (Å²) in [6.07, 6.45) is 3.21. The summed E-state index contributed by atoms with van der Waals surface area (Å²) in [7, 11) is 3.06. The molecule has 1 N–H and O–H groups in total. The number of ether oxygens (including phenoxy) is 4. The van der Waals surface area contributed by atoms with E-state index in [1.54, 1.807) is 30.3 Å². The van der Waals surface area contributed by atoms with Crippen molar-refractivity contribution in [2.45, 2.75) is 26.7 Å². The van der Waals surface area contributed by atoms with Crippen LogP contribution < -0.4 is 24.4 Å². The van der Waals surface area contributed by atoms with Gasteiger partial charge in [-0.2, -0.15) is 5.10 Å². The molecule has 1 amide bonds. The third-order valence-corrected chi connectivity index (χ3v) is 4.25. The minimum atomic E-state index is -0.382. The van der Waals surface area contributed by atoms with E-state index in [2.05, 4.69) is 10.5 Å². The van der Waals surface area contributed by atoms with E-state index in [1.165, 1.54) is 20.4 Å². The average Bonchev–Trinajstić information content (AvgIpc) is 2.76. The Morgan fingerprint density at radius 2 is 1.70 bits per heavy atom. The molecule has 0 fully saturated rings. The Kier molecular flexibility index (Phi) is 9.28. The van der Waals surface area contributed by atoms with Gasteiger partial charge in [-0.3, -0.25) is 4.79 Å². The highest BCUT2D eigenvalue weighted by molar-refractivity contribution is 6.32. The van der Waals surface area contributed by atoms with Crippen LogP contribution in [0.1, 0.15) is 42.6 Å². The van der Waals surface area contributed by atoms with Crippen molar-refractivity contribution >= 4 is 23.7 Å². The second-order valence-corrected chi connectivity index (χ2v) is 6.70. The van der Waals surface area contributed by atoms with Crippen LogP contribution in [0.25, 0.3) is 0 Å². The molecule has 0 saturated heterocycles. The maximum Gasteiger partial charge on any atom is 0.271 e. The lowest BCUT2D eigenvalue weighted by Crippen LogP contribution is -2.17. The molecule has 0 aliphatic rings. The lowest BCUT2D eigenvalue weighted by Gasteiger charge is -2.12. The molecule has 0 atom stereocenters. The molecule has 0 aliphatic heterocycles. The van der Waals surface area contributed by atoms with E-state index in [0.717, 1.165) is 12.8 Å². The van der Waals surface area contributed by atoms with Crippen LogP contribution in [0.5, 0.6) is 23.0 Å².